The van der Waals surface area contributed by atoms with E-state index >= 15 is 0 Å². The van der Waals surface area contributed by atoms with E-state index in [1.165, 1.54) is 0 Å². The number of nitrogens with two attached hydrogens (primary N) is 1. The average molecular weight is 241 g/mol. The number of ether oxygens (including phenoxy) is 1. The maximum atomic E-state index is 5.74. The molecule has 2 rings (SSSR count). The Bertz CT molecular complexity index is 559. The second-order valence-electron chi connectivity index (χ2n) is 3.82. The van der Waals surface area contributed by atoms with Crippen molar-refractivity contribution in [2.24, 2.45) is 0 Å². The van der Waals surface area contributed by atoms with Gasteiger partial charge in [-0.25, -0.2) is 4.98 Å². The van der Waals surface area contributed by atoms with Gasteiger partial charge in [0.15, 0.2) is 0 Å². The van der Waals surface area contributed by atoms with E-state index in [-0.39, 0.29) is 0 Å². The zero-order valence-electron chi connectivity index (χ0n) is 10.4. The van der Waals surface area contributed by atoms with Crippen LogP contribution in [0.25, 0.3) is 6.08 Å². The summed E-state index contributed by atoms with van der Waals surface area (Å²) in [6.07, 6.45) is 3.94. The van der Waals surface area contributed by atoms with Gasteiger partial charge in [-0.15, -0.1) is 0 Å². The molecule has 0 bridgehead atoms. The minimum absolute atomic E-state index is 0.404. The molecule has 0 aliphatic carbocycles. The Kier molecular flexibility index (Phi) is 3.57. The fourth-order valence-corrected chi connectivity index (χ4v) is 1.62. The molecule has 1 heterocycles. The van der Waals surface area contributed by atoms with Gasteiger partial charge in [0.05, 0.1) is 0 Å². The predicted molar refractivity (Wildman–Crippen MR) is 72.4 cm³/mol. The molecule has 0 fully saturated rings. The van der Waals surface area contributed by atoms with Crippen LogP contribution in [0.3, 0.4) is 0 Å². The summed E-state index contributed by atoms with van der Waals surface area (Å²) in [5.41, 5.74) is 6.66. The second kappa shape index (κ2) is 5.31. The third-order valence-corrected chi connectivity index (χ3v) is 2.31. The van der Waals surface area contributed by atoms with Crippen molar-refractivity contribution in [3.05, 3.63) is 47.8 Å². The maximum absolute atomic E-state index is 5.74. The van der Waals surface area contributed by atoms with Gasteiger partial charge in [0.25, 0.3) is 0 Å². The fraction of sp³-hybridized carbons (Fsp3) is 0.143. The lowest BCUT2D eigenvalue weighted by molar-refractivity contribution is 0.459. The van der Waals surface area contributed by atoms with Crippen molar-refractivity contribution in [1.82, 2.24) is 9.97 Å². The molecule has 0 unspecified atom stereocenters. The quantitative estimate of drug-likeness (QED) is 0.896. The maximum Gasteiger partial charge on any atom is 0.224 e. The third kappa shape index (κ3) is 2.85. The molecule has 18 heavy (non-hydrogen) atoms. The SMILES string of the molecule is C/C=C/c1ccccc1Oc1cc(N)nc(C)n1. The van der Waals surface area contributed by atoms with Gasteiger partial charge >= 0.3 is 0 Å². The van der Waals surface area contributed by atoms with Gasteiger partial charge in [-0.2, -0.15) is 4.98 Å². The Balaban J connectivity index is 2.33. The topological polar surface area (TPSA) is 61.0 Å². The zero-order chi connectivity index (χ0) is 13.0. The minimum Gasteiger partial charge on any atom is -0.438 e. The van der Waals surface area contributed by atoms with Crippen LogP contribution in [-0.2, 0) is 0 Å². The summed E-state index contributed by atoms with van der Waals surface area (Å²) in [5.74, 6) is 2.19. The van der Waals surface area contributed by atoms with Crippen LogP contribution in [0.1, 0.15) is 18.3 Å². The van der Waals surface area contributed by atoms with E-state index in [1.54, 1.807) is 13.0 Å². The molecule has 2 N–H and O–H groups in total. The monoisotopic (exact) mass is 241 g/mol. The molecule has 0 aliphatic heterocycles. The number of aryl methyl sites for hydroxylation is 1. The molecule has 0 amide bonds. The van der Waals surface area contributed by atoms with Gasteiger partial charge in [-0.1, -0.05) is 30.4 Å². The van der Waals surface area contributed by atoms with E-state index in [0.717, 1.165) is 11.3 Å². The van der Waals surface area contributed by atoms with Gasteiger partial charge in [-0.05, 0) is 19.9 Å². The molecular formula is C14H15N3O. The summed E-state index contributed by atoms with van der Waals surface area (Å²) in [6, 6.07) is 9.36. The fourth-order valence-electron chi connectivity index (χ4n) is 1.62. The number of hydrogen-bond donors (Lipinski definition) is 1. The first kappa shape index (κ1) is 12.1. The molecule has 0 saturated carbocycles. The lowest BCUT2D eigenvalue weighted by Crippen LogP contribution is -1.98. The highest BCUT2D eigenvalue weighted by Crippen LogP contribution is 2.25. The van der Waals surface area contributed by atoms with Gasteiger partial charge in [0, 0.05) is 11.6 Å². The number of benzene rings is 1. The number of aromatic nitrogens is 2. The summed E-state index contributed by atoms with van der Waals surface area (Å²) < 4.78 is 5.74. The van der Waals surface area contributed by atoms with E-state index < -0.39 is 0 Å². The smallest absolute Gasteiger partial charge is 0.224 e. The molecule has 0 spiro atoms. The van der Waals surface area contributed by atoms with Crippen LogP contribution in [0, 0.1) is 6.92 Å². The van der Waals surface area contributed by atoms with Crippen LogP contribution in [0.2, 0.25) is 0 Å². The first-order chi connectivity index (χ1) is 8.69. The lowest BCUT2D eigenvalue weighted by atomic mass is 10.2. The molecule has 92 valence electrons. The van der Waals surface area contributed by atoms with Crippen molar-refractivity contribution in [3.63, 3.8) is 0 Å². The molecule has 1 aromatic carbocycles. The average Bonchev–Trinajstić information content (AvgIpc) is 2.30. The van der Waals surface area contributed by atoms with E-state index in [2.05, 4.69) is 9.97 Å². The van der Waals surface area contributed by atoms with Crippen LogP contribution in [0.4, 0.5) is 5.82 Å². The summed E-state index contributed by atoms with van der Waals surface area (Å²) in [6.45, 7) is 3.74. The molecule has 1 aromatic heterocycles. The van der Waals surface area contributed by atoms with Crippen molar-refractivity contribution in [2.75, 3.05) is 5.73 Å². The Hall–Kier alpha value is -2.36. The largest absolute Gasteiger partial charge is 0.438 e. The number of allylic oxidation sites excluding steroid dienone is 1. The van der Waals surface area contributed by atoms with Crippen molar-refractivity contribution in [2.45, 2.75) is 13.8 Å². The molecule has 4 nitrogen and oxygen atoms in total. The van der Waals surface area contributed by atoms with Crippen LogP contribution < -0.4 is 10.5 Å². The van der Waals surface area contributed by atoms with Crippen LogP contribution in [-0.4, -0.2) is 9.97 Å². The van der Waals surface area contributed by atoms with Crippen molar-refractivity contribution >= 4 is 11.9 Å². The predicted octanol–water partition coefficient (Wildman–Crippen LogP) is 3.19. The molecule has 0 aliphatic rings. The first-order valence-corrected chi connectivity index (χ1v) is 5.70. The Labute approximate surface area is 106 Å². The number of para-hydroxylation sites is 1. The Morgan fingerprint density at radius 1 is 1.22 bits per heavy atom. The molecule has 0 radical (unpaired) electrons. The van der Waals surface area contributed by atoms with Crippen LogP contribution in [0.15, 0.2) is 36.4 Å². The summed E-state index contributed by atoms with van der Waals surface area (Å²) >= 11 is 0. The highest BCUT2D eigenvalue weighted by Gasteiger charge is 2.04. The number of hydrogen-bond acceptors (Lipinski definition) is 4. The highest BCUT2D eigenvalue weighted by atomic mass is 16.5. The summed E-state index contributed by atoms with van der Waals surface area (Å²) in [4.78, 5) is 8.20. The van der Waals surface area contributed by atoms with E-state index in [9.17, 15) is 0 Å². The molecule has 0 saturated heterocycles. The first-order valence-electron chi connectivity index (χ1n) is 5.70. The van der Waals surface area contributed by atoms with Gasteiger partial charge in [-0.3, -0.25) is 0 Å². The molecule has 0 atom stereocenters. The van der Waals surface area contributed by atoms with Crippen LogP contribution >= 0.6 is 0 Å². The number of nitrogen functional groups attached to an aromatic ring is 1. The van der Waals surface area contributed by atoms with Gasteiger partial charge in [0.1, 0.15) is 17.4 Å². The third-order valence-electron chi connectivity index (χ3n) is 2.31. The van der Waals surface area contributed by atoms with Crippen molar-refractivity contribution in [3.8, 4) is 11.6 Å². The Morgan fingerprint density at radius 2 is 2.00 bits per heavy atom. The number of nitrogens with zero attached hydrogens (tertiary/aromatic N) is 2. The Morgan fingerprint density at radius 3 is 2.72 bits per heavy atom. The van der Waals surface area contributed by atoms with Crippen LogP contribution in [0.5, 0.6) is 11.6 Å². The number of rotatable bonds is 3. The standard InChI is InChI=1S/C14H15N3O/c1-3-6-11-7-4-5-8-12(11)18-14-9-13(15)16-10(2)17-14/h3-9H,1-2H3,(H2,15,16,17)/b6-3+. The normalized spacial score (nSPS) is 10.8. The van der Waals surface area contributed by atoms with E-state index in [4.69, 9.17) is 10.5 Å². The van der Waals surface area contributed by atoms with Gasteiger partial charge < -0.3 is 10.5 Å². The summed E-state index contributed by atoms with van der Waals surface area (Å²) in [7, 11) is 0. The van der Waals surface area contributed by atoms with E-state index in [1.807, 2.05) is 43.3 Å². The van der Waals surface area contributed by atoms with Crippen molar-refractivity contribution < 1.29 is 4.74 Å². The molecule has 2 aromatic rings. The number of anilines is 1. The van der Waals surface area contributed by atoms with Gasteiger partial charge in [0.2, 0.25) is 5.88 Å². The minimum atomic E-state index is 0.404. The lowest BCUT2D eigenvalue weighted by Gasteiger charge is -2.08. The highest BCUT2D eigenvalue weighted by molar-refractivity contribution is 5.57. The van der Waals surface area contributed by atoms with Crippen molar-refractivity contribution in [1.29, 1.82) is 0 Å². The second-order valence-corrected chi connectivity index (χ2v) is 3.82. The zero-order valence-corrected chi connectivity index (χ0v) is 10.4. The molecule has 4 heteroatoms. The van der Waals surface area contributed by atoms with E-state index in [0.29, 0.717) is 17.5 Å². The molecular weight excluding hydrogens is 226 g/mol. The summed E-state index contributed by atoms with van der Waals surface area (Å²) in [5, 5.41) is 0.